The highest BCUT2D eigenvalue weighted by atomic mass is 32.2. The molecule has 442 valence electrons. The Hall–Kier alpha value is -10.3. The van der Waals surface area contributed by atoms with Gasteiger partial charge in [-0.25, -0.2) is 0 Å². The van der Waals surface area contributed by atoms with Crippen molar-refractivity contribution in [2.45, 2.75) is 36.0 Å². The molecule has 14 aromatic carbocycles. The molecule has 0 N–H and O–H groups in total. The topological polar surface area (TPSA) is 3.24 Å². The third-order valence-electron chi connectivity index (χ3n) is 19.6. The zero-order chi connectivity index (χ0) is 62.5. The molecule has 0 fully saturated rings. The lowest BCUT2D eigenvalue weighted by Gasteiger charge is -2.44. The number of anilines is 3. The van der Waals surface area contributed by atoms with Crippen LogP contribution in [0.2, 0.25) is 0 Å². The van der Waals surface area contributed by atoms with Gasteiger partial charge in [-0.05, 0) is 133 Å². The zero-order valence-electron chi connectivity index (χ0n) is 52.5. The van der Waals surface area contributed by atoms with Gasteiger partial charge in [0, 0.05) is 26.7 Å². The molecule has 0 spiro atoms. The Labute approximate surface area is 554 Å². The van der Waals surface area contributed by atoms with Crippen molar-refractivity contribution < 1.29 is 0 Å². The maximum atomic E-state index is 2.71. The van der Waals surface area contributed by atoms with Gasteiger partial charge in [-0.3, -0.25) is 0 Å². The first kappa shape index (κ1) is 57.9. The molecule has 1 nitrogen and oxygen atoms in total. The molecule has 0 atom stereocenters. The second kappa shape index (κ2) is 24.1. The Balaban J connectivity index is 1.04. The van der Waals surface area contributed by atoms with E-state index in [1.54, 1.807) is 0 Å². The van der Waals surface area contributed by atoms with E-state index in [0.717, 1.165) is 5.69 Å². The number of hydrogen-bond donors (Lipinski definition) is 0. The van der Waals surface area contributed by atoms with Crippen molar-refractivity contribution in [1.82, 2.24) is 0 Å². The summed E-state index contributed by atoms with van der Waals surface area (Å²) in [7, 11) is -6.51. The van der Waals surface area contributed by atoms with Gasteiger partial charge in [-0.2, -0.15) is 0 Å². The van der Waals surface area contributed by atoms with Crippen molar-refractivity contribution in [2.75, 3.05) is 4.90 Å². The lowest BCUT2D eigenvalue weighted by atomic mass is 9.35. The third kappa shape index (κ3) is 10.1. The smallest absolute Gasteiger partial charge is 0.249 e. The molecule has 0 radical (unpaired) electrons. The lowest BCUT2D eigenvalue weighted by Crippen LogP contribution is -2.75. The molecule has 5 heteroatoms. The summed E-state index contributed by atoms with van der Waals surface area (Å²) >= 11 is 1.96. The van der Waals surface area contributed by atoms with Crippen molar-refractivity contribution in [3.8, 4) is 44.5 Å². The summed E-state index contributed by atoms with van der Waals surface area (Å²) in [5.41, 5.74) is 18.5. The van der Waals surface area contributed by atoms with E-state index >= 15 is 0 Å². The molecule has 16 rings (SSSR count). The Morgan fingerprint density at radius 2 is 0.667 bits per heavy atom. The Bertz CT molecular complexity index is 4960. The van der Waals surface area contributed by atoms with Crippen LogP contribution in [0.25, 0.3) is 44.5 Å². The van der Waals surface area contributed by atoms with Gasteiger partial charge in [0.1, 0.15) is 0 Å². The summed E-state index contributed by atoms with van der Waals surface area (Å²) in [4.78, 5) is 5.29. The van der Waals surface area contributed by atoms with Crippen molar-refractivity contribution in [2.24, 2.45) is 0 Å². The summed E-state index contributed by atoms with van der Waals surface area (Å²) in [6.45, 7) is 6.84. The van der Waals surface area contributed by atoms with Gasteiger partial charge in [0.15, 0.2) is 16.1 Å². The van der Waals surface area contributed by atoms with Gasteiger partial charge in [0.05, 0.1) is 5.69 Å². The second-order valence-electron chi connectivity index (χ2n) is 25.9. The van der Waals surface area contributed by atoms with Crippen LogP contribution < -0.4 is 62.8 Å². The van der Waals surface area contributed by atoms with Crippen molar-refractivity contribution in [3.63, 3.8) is 0 Å². The van der Waals surface area contributed by atoms with Gasteiger partial charge in [-0.1, -0.05) is 366 Å². The van der Waals surface area contributed by atoms with Crippen LogP contribution in [0.3, 0.4) is 0 Å². The fraction of sp³-hybridized carbons (Fsp3) is 0.0455. The first-order valence-corrected chi connectivity index (χ1v) is 37.3. The van der Waals surface area contributed by atoms with Crippen LogP contribution in [0, 0.1) is 0 Å². The average molecular weight is 1240 g/mol. The summed E-state index contributed by atoms with van der Waals surface area (Å²) in [6.07, 6.45) is 0. The Morgan fingerprint density at radius 1 is 0.269 bits per heavy atom. The summed E-state index contributed by atoms with van der Waals surface area (Å²) in [5.74, 6) is 0. The van der Waals surface area contributed by atoms with E-state index in [1.807, 2.05) is 11.8 Å². The van der Waals surface area contributed by atoms with E-state index in [0.29, 0.717) is 0 Å². The number of hydrogen-bond acceptors (Lipinski definition) is 2. The van der Waals surface area contributed by atoms with Crippen LogP contribution in [-0.4, -0.2) is 22.9 Å². The van der Waals surface area contributed by atoms with Crippen molar-refractivity contribution in [3.05, 3.63) is 363 Å². The lowest BCUT2D eigenvalue weighted by molar-refractivity contribution is 0.590. The molecule has 0 amide bonds. The monoisotopic (exact) mass is 1240 g/mol. The highest BCUT2D eigenvalue weighted by Crippen LogP contribution is 2.45. The van der Waals surface area contributed by atoms with Crippen LogP contribution in [-0.2, 0) is 5.41 Å². The highest BCUT2D eigenvalue weighted by Gasteiger charge is 2.49. The van der Waals surface area contributed by atoms with Gasteiger partial charge >= 0.3 is 0 Å². The minimum atomic E-state index is -3.29. The SMILES string of the molecule is CC(C)(C)c1cccc(-c2ccc3c(c2)Sc2cc([Si](c4ccccc4)(c4ccccc4)c4cccc(-c5ccccc5)c4)cc4c2B3c2ccc([Si](c3ccccc3)(c3ccccc3)c3cccc(-c5ccccc5)c3)cc2N4c2ccccc2-c2ccccc2)c1. The first-order valence-electron chi connectivity index (χ1n) is 32.5. The predicted octanol–water partition coefficient (Wildman–Crippen LogP) is 15.2. The molecule has 0 saturated heterocycles. The molecule has 0 bridgehead atoms. The zero-order valence-corrected chi connectivity index (χ0v) is 55.3. The molecule has 2 heterocycles. The quantitative estimate of drug-likeness (QED) is 0.0836. The van der Waals surface area contributed by atoms with E-state index < -0.39 is 16.1 Å². The van der Waals surface area contributed by atoms with Gasteiger partial charge in [0.25, 0.3) is 0 Å². The first-order chi connectivity index (χ1) is 45.7. The van der Waals surface area contributed by atoms with Gasteiger partial charge < -0.3 is 4.90 Å². The largest absolute Gasteiger partial charge is 0.311 e. The van der Waals surface area contributed by atoms with Crippen LogP contribution in [0.5, 0.6) is 0 Å². The standard InChI is InChI=1S/C88H68BNSSi2/c1-88(2,3)70-39-27-36-66(56-70)69-52-54-81-85(59-69)91-86-62-78(93(73-44-21-9-22-45-73,74-46-23-10-24-47-74)76-49-29-38-68(58-76)64-32-13-5-14-33-64)61-84-87(86)89(81)80-55-53-77(60-83(80)90(84)82-51-26-25-50-79(82)65-34-15-6-16-35-65)92(71-40-17-7-18-41-71,72-42-19-8-20-43-72)75-48-28-37-67(57-75)63-30-11-4-12-31-63/h4-62H,1-3H3. The number of rotatable bonds is 13. The van der Waals surface area contributed by atoms with E-state index in [1.165, 1.54) is 129 Å². The Kier molecular flexibility index (Phi) is 15.0. The second-order valence-corrected chi connectivity index (χ2v) is 34.6. The maximum absolute atomic E-state index is 3.29. The van der Waals surface area contributed by atoms with Crippen molar-refractivity contribution in [1.29, 1.82) is 0 Å². The molecular weight excluding hydrogens is 1170 g/mol. The molecular formula is C88H68BNSSi2. The average Bonchev–Trinajstić information content (AvgIpc) is 0.695. The molecule has 0 unspecified atom stereocenters. The summed E-state index contributed by atoms with van der Waals surface area (Å²) in [5, 5.41) is 10.7. The van der Waals surface area contributed by atoms with Crippen LogP contribution >= 0.6 is 11.8 Å². The molecule has 0 aromatic heterocycles. The molecule has 2 aliphatic heterocycles. The van der Waals surface area contributed by atoms with Crippen LogP contribution in [0.15, 0.2) is 368 Å². The number of para-hydroxylation sites is 1. The molecule has 2 aliphatic rings. The normalized spacial score (nSPS) is 12.6. The molecule has 0 saturated carbocycles. The van der Waals surface area contributed by atoms with Crippen LogP contribution in [0.1, 0.15) is 26.3 Å². The van der Waals surface area contributed by atoms with E-state index in [9.17, 15) is 0 Å². The predicted molar refractivity (Wildman–Crippen MR) is 404 cm³/mol. The summed E-state index contributed by atoms with van der Waals surface area (Å²) in [6, 6.07) is 137. The van der Waals surface area contributed by atoms with Gasteiger partial charge in [0.2, 0.25) is 6.71 Å². The van der Waals surface area contributed by atoms with E-state index in [4.69, 9.17) is 0 Å². The van der Waals surface area contributed by atoms with E-state index in [-0.39, 0.29) is 12.1 Å². The maximum Gasteiger partial charge on any atom is 0.249 e. The van der Waals surface area contributed by atoms with Crippen molar-refractivity contribution >= 4 is 110 Å². The van der Waals surface area contributed by atoms with Gasteiger partial charge in [-0.15, -0.1) is 0 Å². The van der Waals surface area contributed by atoms with Crippen LogP contribution in [0.4, 0.5) is 17.1 Å². The fourth-order valence-corrected chi connectivity index (χ4v) is 26.2. The number of benzene rings is 14. The minimum Gasteiger partial charge on any atom is -0.311 e. The highest BCUT2D eigenvalue weighted by molar-refractivity contribution is 8.00. The Morgan fingerprint density at radius 3 is 1.19 bits per heavy atom. The summed E-state index contributed by atoms with van der Waals surface area (Å²) < 4.78 is 0. The third-order valence-corrected chi connectivity index (χ3v) is 30.2. The number of fused-ring (bicyclic) bond motifs is 4. The molecule has 14 aromatic rings. The minimum absolute atomic E-state index is 0.00103. The van der Waals surface area contributed by atoms with E-state index in [2.05, 4.69) is 384 Å². The molecule has 0 aliphatic carbocycles. The number of nitrogens with zero attached hydrogens (tertiary/aromatic N) is 1. The molecule has 93 heavy (non-hydrogen) atoms. The fourth-order valence-electron chi connectivity index (χ4n) is 15.2.